The van der Waals surface area contributed by atoms with Crippen LogP contribution in [0.3, 0.4) is 0 Å². The molecule has 106 valence electrons. The Hall–Kier alpha value is -2.60. The summed E-state index contributed by atoms with van der Waals surface area (Å²) in [6, 6.07) is 14.7. The molecule has 1 amide bonds. The summed E-state index contributed by atoms with van der Waals surface area (Å²) >= 11 is 5.12. The number of carbonyl (C=O) groups excluding carboxylic acids is 1. The number of amides is 1. The van der Waals surface area contributed by atoms with Crippen LogP contribution in [0.15, 0.2) is 59.8 Å². The maximum atomic E-state index is 11.9. The first-order valence-corrected chi connectivity index (χ1v) is 6.67. The molecule has 21 heavy (non-hydrogen) atoms. The average molecular weight is 298 g/mol. The highest BCUT2D eigenvalue weighted by molar-refractivity contribution is 7.80. The molecule has 0 saturated heterocycles. The zero-order valence-electron chi connectivity index (χ0n) is 11.4. The highest BCUT2D eigenvalue weighted by atomic mass is 32.1. The summed E-state index contributed by atoms with van der Waals surface area (Å²) in [4.78, 5) is 15.9. The van der Waals surface area contributed by atoms with Crippen molar-refractivity contribution < 1.29 is 4.79 Å². The average Bonchev–Trinajstić information content (AvgIpc) is 2.54. The molecule has 1 aromatic carbocycles. The highest BCUT2D eigenvalue weighted by Crippen LogP contribution is 1.97. The van der Waals surface area contributed by atoms with Gasteiger partial charge >= 0.3 is 0 Å². The van der Waals surface area contributed by atoms with Crippen molar-refractivity contribution in [1.82, 2.24) is 15.3 Å². The second kappa shape index (κ2) is 7.25. The smallest absolute Gasteiger partial charge is 0.276 e. The highest BCUT2D eigenvalue weighted by Gasteiger charge is 2.10. The Morgan fingerprint density at radius 1 is 1.24 bits per heavy atom. The van der Waals surface area contributed by atoms with Gasteiger partial charge in [-0.15, -0.1) is 0 Å². The number of rotatable bonds is 3. The van der Waals surface area contributed by atoms with Crippen LogP contribution >= 0.6 is 12.2 Å². The standard InChI is InChI=1S/C15H14N4OS/c1-19(17-11-12-7-3-2-4-8-12)15(21)18-14(20)13-9-5-6-10-16-13/h2-11H,1H3,(H,18,20,21). The van der Waals surface area contributed by atoms with Crippen LogP contribution in [0.25, 0.3) is 0 Å². The van der Waals surface area contributed by atoms with E-state index in [2.05, 4.69) is 15.4 Å². The van der Waals surface area contributed by atoms with Crippen molar-refractivity contribution in [3.8, 4) is 0 Å². The second-order valence-electron chi connectivity index (χ2n) is 4.15. The van der Waals surface area contributed by atoms with Gasteiger partial charge in [-0.2, -0.15) is 5.10 Å². The summed E-state index contributed by atoms with van der Waals surface area (Å²) in [6.45, 7) is 0. The van der Waals surface area contributed by atoms with Crippen molar-refractivity contribution in [2.45, 2.75) is 0 Å². The van der Waals surface area contributed by atoms with Gasteiger partial charge < -0.3 is 0 Å². The molecular weight excluding hydrogens is 284 g/mol. The van der Waals surface area contributed by atoms with Crippen LogP contribution in [0.2, 0.25) is 0 Å². The number of nitrogens with zero attached hydrogens (tertiary/aromatic N) is 3. The summed E-state index contributed by atoms with van der Waals surface area (Å²) in [7, 11) is 1.67. The first-order valence-electron chi connectivity index (χ1n) is 6.26. The van der Waals surface area contributed by atoms with Gasteiger partial charge in [0.2, 0.25) is 0 Å². The van der Waals surface area contributed by atoms with Gasteiger partial charge in [-0.3, -0.25) is 15.1 Å². The summed E-state index contributed by atoms with van der Waals surface area (Å²) in [5.41, 5.74) is 1.25. The van der Waals surface area contributed by atoms with Gasteiger partial charge in [0.05, 0.1) is 6.21 Å². The van der Waals surface area contributed by atoms with Crippen molar-refractivity contribution in [3.63, 3.8) is 0 Å². The molecule has 6 heteroatoms. The van der Waals surface area contributed by atoms with E-state index < -0.39 is 0 Å². The third kappa shape index (κ3) is 4.47. The normalized spacial score (nSPS) is 10.3. The van der Waals surface area contributed by atoms with Crippen LogP contribution < -0.4 is 5.32 Å². The molecule has 5 nitrogen and oxygen atoms in total. The van der Waals surface area contributed by atoms with Crippen molar-refractivity contribution in [2.75, 3.05) is 7.05 Å². The molecule has 1 aromatic heterocycles. The van der Waals surface area contributed by atoms with E-state index in [0.29, 0.717) is 5.69 Å². The van der Waals surface area contributed by atoms with Crippen LogP contribution in [-0.4, -0.2) is 34.3 Å². The van der Waals surface area contributed by atoms with E-state index in [1.165, 1.54) is 5.01 Å². The van der Waals surface area contributed by atoms with Gasteiger partial charge in [-0.05, 0) is 29.9 Å². The molecule has 2 rings (SSSR count). The number of thiocarbonyl (C=S) groups is 1. The molecule has 1 N–H and O–H groups in total. The van der Waals surface area contributed by atoms with E-state index >= 15 is 0 Å². The van der Waals surface area contributed by atoms with E-state index in [1.54, 1.807) is 37.7 Å². The van der Waals surface area contributed by atoms with Gasteiger partial charge in [-0.1, -0.05) is 36.4 Å². The quantitative estimate of drug-likeness (QED) is 0.535. The van der Waals surface area contributed by atoms with Gasteiger partial charge in [0.1, 0.15) is 5.69 Å². The second-order valence-corrected chi connectivity index (χ2v) is 4.54. The lowest BCUT2D eigenvalue weighted by molar-refractivity contribution is 0.0969. The molecule has 0 unspecified atom stereocenters. The molecule has 0 aliphatic heterocycles. The van der Waals surface area contributed by atoms with Crippen molar-refractivity contribution in [3.05, 3.63) is 66.0 Å². The van der Waals surface area contributed by atoms with E-state index in [0.717, 1.165) is 5.56 Å². The fraction of sp³-hybridized carbons (Fsp3) is 0.0667. The van der Waals surface area contributed by atoms with Gasteiger partial charge in [0.25, 0.3) is 5.91 Å². The van der Waals surface area contributed by atoms with Crippen LogP contribution in [0.4, 0.5) is 0 Å². The number of carbonyl (C=O) groups is 1. The third-order valence-corrected chi connectivity index (χ3v) is 2.96. The van der Waals surface area contributed by atoms with E-state index in [4.69, 9.17) is 12.2 Å². The summed E-state index contributed by atoms with van der Waals surface area (Å²) in [6.07, 6.45) is 3.22. The van der Waals surface area contributed by atoms with Gasteiger partial charge in [-0.25, -0.2) is 5.01 Å². The Morgan fingerprint density at radius 2 is 1.95 bits per heavy atom. The number of hydrogen-bond acceptors (Lipinski definition) is 4. The molecule has 0 fully saturated rings. The number of nitrogens with one attached hydrogen (secondary N) is 1. The largest absolute Gasteiger partial charge is 0.296 e. The predicted octanol–water partition coefficient (Wildman–Crippen LogP) is 2.06. The maximum absolute atomic E-state index is 11.9. The molecule has 1 heterocycles. The first-order chi connectivity index (χ1) is 10.2. The van der Waals surface area contributed by atoms with Gasteiger partial charge in [0, 0.05) is 13.2 Å². The Bertz CT molecular complexity index is 643. The summed E-state index contributed by atoms with van der Waals surface area (Å²) in [5, 5.41) is 8.37. The fourth-order valence-electron chi connectivity index (χ4n) is 1.48. The first kappa shape index (κ1) is 14.8. The molecule has 0 saturated carbocycles. The van der Waals surface area contributed by atoms with Crippen molar-refractivity contribution in [2.24, 2.45) is 5.10 Å². The molecule has 0 aliphatic rings. The summed E-state index contributed by atoms with van der Waals surface area (Å²) in [5.74, 6) is -0.359. The third-order valence-electron chi connectivity index (χ3n) is 2.59. The Labute approximate surface area is 128 Å². The predicted molar refractivity (Wildman–Crippen MR) is 86.1 cm³/mol. The van der Waals surface area contributed by atoms with Crippen LogP contribution in [0.1, 0.15) is 16.1 Å². The molecule has 0 aliphatic carbocycles. The minimum atomic E-state index is -0.359. The van der Waals surface area contributed by atoms with E-state index in [-0.39, 0.29) is 11.0 Å². The van der Waals surface area contributed by atoms with E-state index in [9.17, 15) is 4.79 Å². The Morgan fingerprint density at radius 3 is 2.62 bits per heavy atom. The topological polar surface area (TPSA) is 57.6 Å². The lowest BCUT2D eigenvalue weighted by atomic mass is 10.2. The lowest BCUT2D eigenvalue weighted by Crippen LogP contribution is -2.38. The Kier molecular flexibility index (Phi) is 5.11. The summed E-state index contributed by atoms with van der Waals surface area (Å²) < 4.78 is 0. The van der Waals surface area contributed by atoms with Crippen molar-refractivity contribution >= 4 is 29.5 Å². The maximum Gasteiger partial charge on any atom is 0.276 e. The van der Waals surface area contributed by atoms with Gasteiger partial charge in [0.15, 0.2) is 5.11 Å². The SMILES string of the molecule is CN(N=Cc1ccccc1)C(=S)NC(=O)c1ccccn1. The zero-order valence-corrected chi connectivity index (χ0v) is 12.2. The van der Waals surface area contributed by atoms with E-state index in [1.807, 2.05) is 30.3 Å². The fourth-order valence-corrected chi connectivity index (χ4v) is 1.62. The number of hydrazone groups is 1. The minimum absolute atomic E-state index is 0.206. The number of benzene rings is 1. The molecule has 2 aromatic rings. The molecule has 0 atom stereocenters. The Balaban J connectivity index is 1.94. The molecule has 0 bridgehead atoms. The zero-order chi connectivity index (χ0) is 15.1. The molecule has 0 spiro atoms. The van der Waals surface area contributed by atoms with Crippen molar-refractivity contribution in [1.29, 1.82) is 0 Å². The lowest BCUT2D eigenvalue weighted by Gasteiger charge is -2.14. The van der Waals surface area contributed by atoms with Crippen LogP contribution in [-0.2, 0) is 0 Å². The number of aromatic nitrogens is 1. The monoisotopic (exact) mass is 298 g/mol. The molecule has 0 radical (unpaired) electrons. The number of hydrogen-bond donors (Lipinski definition) is 1. The van der Waals surface area contributed by atoms with Crippen LogP contribution in [0, 0.1) is 0 Å². The molecular formula is C15H14N4OS. The van der Waals surface area contributed by atoms with Crippen LogP contribution in [0.5, 0.6) is 0 Å². The minimum Gasteiger partial charge on any atom is -0.296 e. The number of pyridine rings is 1.